The molecule has 1 heterocycles. The first kappa shape index (κ1) is 19.6. The molecule has 144 valence electrons. The topological polar surface area (TPSA) is 67.2 Å². The van der Waals surface area contributed by atoms with Gasteiger partial charge in [-0.15, -0.1) is 0 Å². The van der Waals surface area contributed by atoms with Crippen molar-refractivity contribution in [3.8, 4) is 11.5 Å². The molecule has 0 bridgehead atoms. The van der Waals surface area contributed by atoms with Crippen LogP contribution in [-0.2, 0) is 0 Å². The van der Waals surface area contributed by atoms with Gasteiger partial charge in [0.25, 0.3) is 5.91 Å². The van der Waals surface area contributed by atoms with Crippen LogP contribution in [0, 0.1) is 0 Å². The fourth-order valence-electron chi connectivity index (χ4n) is 2.71. The van der Waals surface area contributed by atoms with Gasteiger partial charge in [-0.25, -0.2) is 4.98 Å². The number of hydrogen-bond donors (Lipinski definition) is 2. The minimum absolute atomic E-state index is 0.150. The fourth-order valence-corrected chi connectivity index (χ4v) is 3.49. The minimum atomic E-state index is -0.400. The highest BCUT2D eigenvalue weighted by Gasteiger charge is 2.13. The minimum Gasteiger partial charge on any atom is -0.436 e. The van der Waals surface area contributed by atoms with Crippen LogP contribution in [0.1, 0.15) is 10.4 Å². The van der Waals surface area contributed by atoms with Crippen molar-refractivity contribution in [3.63, 3.8) is 0 Å². The van der Waals surface area contributed by atoms with Gasteiger partial charge in [0, 0.05) is 15.7 Å². The van der Waals surface area contributed by atoms with Gasteiger partial charge in [-0.2, -0.15) is 0 Å². The third-order valence-electron chi connectivity index (χ3n) is 4.07. The van der Waals surface area contributed by atoms with Crippen molar-refractivity contribution in [1.29, 1.82) is 0 Å². The second-order valence-corrected chi connectivity index (χ2v) is 7.83. The lowest BCUT2D eigenvalue weighted by atomic mass is 10.2. The van der Waals surface area contributed by atoms with Crippen LogP contribution < -0.4 is 10.6 Å². The van der Waals surface area contributed by atoms with E-state index in [1.807, 2.05) is 30.3 Å². The summed E-state index contributed by atoms with van der Waals surface area (Å²) in [7, 11) is 0. The zero-order chi connectivity index (χ0) is 20.4. The van der Waals surface area contributed by atoms with Gasteiger partial charge >= 0.3 is 0 Å². The highest BCUT2D eigenvalue weighted by atomic mass is 79.9. The molecule has 0 spiro atoms. The summed E-state index contributed by atoms with van der Waals surface area (Å²) < 4.78 is 6.55. The van der Waals surface area contributed by atoms with Gasteiger partial charge in [0.05, 0.1) is 10.6 Å². The van der Waals surface area contributed by atoms with E-state index >= 15 is 0 Å². The molecular formula is C21H13BrClN3O2S. The number of carbonyl (C=O) groups excluding carboxylic acids is 1. The van der Waals surface area contributed by atoms with Crippen molar-refractivity contribution < 1.29 is 9.21 Å². The van der Waals surface area contributed by atoms with Crippen LogP contribution in [0.25, 0.3) is 22.6 Å². The molecule has 1 aromatic heterocycles. The summed E-state index contributed by atoms with van der Waals surface area (Å²) in [6, 6.07) is 20.1. The number of amides is 1. The van der Waals surface area contributed by atoms with E-state index in [-0.39, 0.29) is 5.11 Å². The highest BCUT2D eigenvalue weighted by Crippen LogP contribution is 2.26. The van der Waals surface area contributed by atoms with Crippen LogP contribution in [0.4, 0.5) is 5.69 Å². The summed E-state index contributed by atoms with van der Waals surface area (Å²) in [6.45, 7) is 0. The average molecular weight is 487 g/mol. The number of hydrogen-bond acceptors (Lipinski definition) is 4. The lowest BCUT2D eigenvalue weighted by molar-refractivity contribution is 0.0978. The Hall–Kier alpha value is -2.74. The van der Waals surface area contributed by atoms with Crippen LogP contribution in [0.3, 0.4) is 0 Å². The zero-order valence-electron chi connectivity index (χ0n) is 14.8. The normalized spacial score (nSPS) is 10.7. The van der Waals surface area contributed by atoms with Crippen LogP contribution in [0.2, 0.25) is 5.02 Å². The Labute approximate surface area is 185 Å². The molecule has 5 nitrogen and oxygen atoms in total. The first-order valence-electron chi connectivity index (χ1n) is 8.53. The predicted octanol–water partition coefficient (Wildman–Crippen LogP) is 6.04. The van der Waals surface area contributed by atoms with E-state index in [2.05, 4.69) is 31.5 Å². The van der Waals surface area contributed by atoms with E-state index in [1.54, 1.807) is 36.4 Å². The Kier molecular flexibility index (Phi) is 5.62. The number of oxazole rings is 1. The van der Waals surface area contributed by atoms with Gasteiger partial charge < -0.3 is 9.73 Å². The Morgan fingerprint density at radius 3 is 2.66 bits per heavy atom. The lowest BCUT2D eigenvalue weighted by Gasteiger charge is -2.10. The first-order valence-corrected chi connectivity index (χ1v) is 10.1. The second-order valence-electron chi connectivity index (χ2n) is 6.10. The molecule has 4 aromatic rings. The molecule has 0 radical (unpaired) electrons. The molecule has 0 unspecified atom stereocenters. The zero-order valence-corrected chi connectivity index (χ0v) is 17.9. The van der Waals surface area contributed by atoms with Gasteiger partial charge in [0.1, 0.15) is 5.52 Å². The molecule has 0 aliphatic carbocycles. The van der Waals surface area contributed by atoms with Crippen LogP contribution >= 0.6 is 39.7 Å². The van der Waals surface area contributed by atoms with Crippen molar-refractivity contribution in [2.24, 2.45) is 0 Å². The number of benzene rings is 3. The molecular weight excluding hydrogens is 474 g/mol. The Morgan fingerprint density at radius 2 is 1.86 bits per heavy atom. The Balaban J connectivity index is 1.49. The van der Waals surface area contributed by atoms with Crippen LogP contribution in [0.5, 0.6) is 0 Å². The molecule has 0 atom stereocenters. The number of anilines is 1. The number of aromatic nitrogens is 1. The molecule has 0 fully saturated rings. The Bertz CT molecular complexity index is 1230. The van der Waals surface area contributed by atoms with Crippen molar-refractivity contribution in [2.45, 2.75) is 0 Å². The summed E-state index contributed by atoms with van der Waals surface area (Å²) in [5.41, 5.74) is 3.23. The van der Waals surface area contributed by atoms with Gasteiger partial charge in [-0.05, 0) is 60.7 Å². The molecule has 8 heteroatoms. The van der Waals surface area contributed by atoms with Crippen LogP contribution in [0.15, 0.2) is 75.6 Å². The van der Waals surface area contributed by atoms with E-state index in [0.29, 0.717) is 33.3 Å². The maximum atomic E-state index is 12.4. The summed E-state index contributed by atoms with van der Waals surface area (Å²) in [5, 5.41) is 6.09. The molecule has 0 aliphatic heterocycles. The highest BCUT2D eigenvalue weighted by molar-refractivity contribution is 9.10. The SMILES string of the molecule is O=C(NC(=S)Nc1ccc2oc(-c3ccccc3)nc2c1)c1cc(Br)ccc1Cl. The molecule has 0 aliphatic rings. The molecule has 2 N–H and O–H groups in total. The van der Waals surface area contributed by atoms with Crippen molar-refractivity contribution >= 4 is 67.6 Å². The van der Waals surface area contributed by atoms with Crippen molar-refractivity contribution in [1.82, 2.24) is 10.3 Å². The van der Waals surface area contributed by atoms with E-state index in [1.165, 1.54) is 0 Å². The third-order valence-corrected chi connectivity index (χ3v) is 5.09. The largest absolute Gasteiger partial charge is 0.436 e. The summed E-state index contributed by atoms with van der Waals surface area (Å²) in [6.07, 6.45) is 0. The quantitative estimate of drug-likeness (QED) is 0.346. The number of thiocarbonyl (C=S) groups is 1. The molecule has 0 saturated carbocycles. The second kappa shape index (κ2) is 8.32. The van der Waals surface area contributed by atoms with Gasteiger partial charge in [0.15, 0.2) is 10.7 Å². The first-order chi connectivity index (χ1) is 14.0. The molecule has 4 rings (SSSR count). The number of rotatable bonds is 3. The average Bonchev–Trinajstić information content (AvgIpc) is 3.13. The van der Waals surface area contributed by atoms with Crippen molar-refractivity contribution in [3.05, 3.63) is 81.8 Å². The third kappa shape index (κ3) is 4.48. The number of nitrogens with one attached hydrogen (secondary N) is 2. The standard InChI is InChI=1S/C21H13BrClN3O2S/c22-13-6-8-16(23)15(10-13)19(27)26-21(29)24-14-7-9-18-17(11-14)25-20(28-18)12-4-2-1-3-5-12/h1-11H,(H2,24,26,27,29). The lowest BCUT2D eigenvalue weighted by Crippen LogP contribution is -2.34. The van der Waals surface area contributed by atoms with Gasteiger partial charge in [-0.3, -0.25) is 10.1 Å². The van der Waals surface area contributed by atoms with Crippen molar-refractivity contribution in [2.75, 3.05) is 5.32 Å². The maximum Gasteiger partial charge on any atom is 0.258 e. The molecule has 1 amide bonds. The number of carbonyl (C=O) groups is 1. The Morgan fingerprint density at radius 1 is 1.07 bits per heavy atom. The summed E-state index contributed by atoms with van der Waals surface area (Å²) in [5.74, 6) is 0.139. The molecule has 3 aromatic carbocycles. The van der Waals surface area contributed by atoms with E-state index < -0.39 is 5.91 Å². The molecule has 29 heavy (non-hydrogen) atoms. The monoisotopic (exact) mass is 485 g/mol. The van der Waals surface area contributed by atoms with E-state index in [9.17, 15) is 4.79 Å². The van der Waals surface area contributed by atoms with Gasteiger partial charge in [-0.1, -0.05) is 45.7 Å². The van der Waals surface area contributed by atoms with E-state index in [0.717, 1.165) is 10.0 Å². The smallest absolute Gasteiger partial charge is 0.258 e. The fraction of sp³-hybridized carbons (Fsp3) is 0. The predicted molar refractivity (Wildman–Crippen MR) is 122 cm³/mol. The summed E-state index contributed by atoms with van der Waals surface area (Å²) >= 11 is 14.7. The number of nitrogens with zero attached hydrogens (tertiary/aromatic N) is 1. The molecule has 0 saturated heterocycles. The number of halogens is 2. The maximum absolute atomic E-state index is 12.4. The van der Waals surface area contributed by atoms with E-state index in [4.69, 9.17) is 28.2 Å². The van der Waals surface area contributed by atoms with Crippen LogP contribution in [-0.4, -0.2) is 16.0 Å². The summed E-state index contributed by atoms with van der Waals surface area (Å²) in [4.78, 5) is 16.9. The number of fused-ring (bicyclic) bond motifs is 1. The van der Waals surface area contributed by atoms with Gasteiger partial charge in [0.2, 0.25) is 5.89 Å².